The zero-order chi connectivity index (χ0) is 15.7. The Kier molecular flexibility index (Phi) is 4.70. The van der Waals surface area contributed by atoms with Crippen molar-refractivity contribution >= 4 is 11.3 Å². The molecule has 2 nitrogen and oxygen atoms in total. The summed E-state index contributed by atoms with van der Waals surface area (Å²) in [5.74, 6) is 0. The molecule has 2 heteroatoms. The first-order valence-corrected chi connectivity index (χ1v) is 7.25. The van der Waals surface area contributed by atoms with Crippen molar-refractivity contribution in [1.82, 2.24) is 0 Å². The average Bonchev–Trinajstić information content (AvgIpc) is 2.34. The molecule has 0 amide bonds. The third kappa shape index (κ3) is 3.86. The van der Waals surface area contributed by atoms with Gasteiger partial charge in [-0.15, -0.1) is 0 Å². The van der Waals surface area contributed by atoms with Gasteiger partial charge in [-0.05, 0) is 68.9 Å². The van der Waals surface area contributed by atoms with Gasteiger partial charge in [0.2, 0.25) is 0 Å². The summed E-state index contributed by atoms with van der Waals surface area (Å²) in [7, 11) is 0. The third-order valence-electron chi connectivity index (χ3n) is 3.55. The van der Waals surface area contributed by atoms with Crippen molar-refractivity contribution in [2.24, 2.45) is 0 Å². The number of allylic oxidation sites excluding steroid dienone is 2. The lowest BCUT2D eigenvalue weighted by molar-refractivity contribution is 0.181. The summed E-state index contributed by atoms with van der Waals surface area (Å²) in [5.41, 5.74) is 4.20. The van der Waals surface area contributed by atoms with Crippen LogP contribution in [0.4, 0.5) is 5.69 Å². The molecule has 0 saturated heterocycles. The first-order valence-electron chi connectivity index (χ1n) is 7.25. The quantitative estimate of drug-likeness (QED) is 0.730. The monoisotopic (exact) mass is 275 g/mol. The smallest absolute Gasteiger partial charge is 0.0649 e. The summed E-state index contributed by atoms with van der Waals surface area (Å²) in [4.78, 5) is 0. The van der Waals surface area contributed by atoms with Crippen LogP contribution in [0, 0.1) is 0 Å². The van der Waals surface area contributed by atoms with E-state index < -0.39 is 0 Å². The van der Waals surface area contributed by atoms with Gasteiger partial charge >= 0.3 is 0 Å². The minimum atomic E-state index is -0.322. The lowest BCUT2D eigenvalue weighted by atomic mass is 9.84. The Morgan fingerprint density at radius 1 is 1.05 bits per heavy atom. The molecule has 0 fully saturated rings. The number of hydrogen-bond donors (Lipinski definition) is 1. The van der Waals surface area contributed by atoms with Crippen molar-refractivity contribution in [2.75, 3.05) is 5.06 Å². The van der Waals surface area contributed by atoms with Crippen molar-refractivity contribution in [1.29, 1.82) is 0 Å². The SMILES string of the molecule is C/C=C(/C)c1cc(N(O)C(C)(C)C)cc(C(C)(C)C)c1. The number of anilines is 1. The van der Waals surface area contributed by atoms with Crippen LogP contribution in [-0.4, -0.2) is 10.7 Å². The summed E-state index contributed by atoms with van der Waals surface area (Å²) >= 11 is 0. The Morgan fingerprint density at radius 3 is 2.00 bits per heavy atom. The highest BCUT2D eigenvalue weighted by atomic mass is 16.5. The second kappa shape index (κ2) is 5.61. The molecule has 0 aliphatic heterocycles. The van der Waals surface area contributed by atoms with E-state index in [-0.39, 0.29) is 11.0 Å². The van der Waals surface area contributed by atoms with Crippen LogP contribution in [0.5, 0.6) is 0 Å². The molecule has 1 N–H and O–H groups in total. The number of benzene rings is 1. The van der Waals surface area contributed by atoms with Gasteiger partial charge < -0.3 is 0 Å². The van der Waals surface area contributed by atoms with E-state index in [4.69, 9.17) is 0 Å². The number of nitrogens with zero attached hydrogens (tertiary/aromatic N) is 1. The van der Waals surface area contributed by atoms with Gasteiger partial charge in [0.1, 0.15) is 0 Å². The van der Waals surface area contributed by atoms with Gasteiger partial charge in [-0.2, -0.15) is 0 Å². The van der Waals surface area contributed by atoms with Gasteiger partial charge in [0, 0.05) is 0 Å². The van der Waals surface area contributed by atoms with Crippen LogP contribution in [0.1, 0.15) is 66.5 Å². The summed E-state index contributed by atoms with van der Waals surface area (Å²) in [6.07, 6.45) is 2.10. The standard InChI is InChI=1S/C18H29NO/c1-9-13(2)14-10-15(17(3,4)5)12-16(11-14)19(20)18(6,7)8/h9-12,20H,1-8H3/b13-9-. The number of hydroxylamine groups is 1. The molecule has 112 valence electrons. The van der Waals surface area contributed by atoms with Gasteiger partial charge in [0.05, 0.1) is 11.2 Å². The highest BCUT2D eigenvalue weighted by molar-refractivity contribution is 5.69. The third-order valence-corrected chi connectivity index (χ3v) is 3.55. The van der Waals surface area contributed by atoms with Crippen LogP contribution in [0.3, 0.4) is 0 Å². The van der Waals surface area contributed by atoms with Gasteiger partial charge in [-0.1, -0.05) is 32.9 Å². The topological polar surface area (TPSA) is 23.5 Å². The first kappa shape index (κ1) is 16.8. The fraction of sp³-hybridized carbons (Fsp3) is 0.556. The van der Waals surface area contributed by atoms with E-state index in [1.807, 2.05) is 27.7 Å². The Hall–Kier alpha value is -1.28. The van der Waals surface area contributed by atoms with Crippen LogP contribution in [-0.2, 0) is 5.41 Å². The van der Waals surface area contributed by atoms with Crippen LogP contribution in [0.15, 0.2) is 24.3 Å². The Bertz CT molecular complexity index is 501. The molecule has 0 saturated carbocycles. The maximum Gasteiger partial charge on any atom is 0.0649 e. The molecule has 20 heavy (non-hydrogen) atoms. The van der Waals surface area contributed by atoms with Crippen molar-refractivity contribution < 1.29 is 5.21 Å². The molecule has 0 spiro atoms. The molecule has 0 bridgehead atoms. The molecule has 0 heterocycles. The highest BCUT2D eigenvalue weighted by Gasteiger charge is 2.23. The molecule has 0 aliphatic rings. The average molecular weight is 275 g/mol. The second-order valence-electron chi connectivity index (χ2n) is 7.47. The van der Waals surface area contributed by atoms with E-state index in [1.165, 1.54) is 21.8 Å². The normalized spacial score (nSPS) is 13.6. The first-order chi connectivity index (χ1) is 8.96. The molecule has 1 rings (SSSR count). The molecule has 0 aliphatic carbocycles. The summed E-state index contributed by atoms with van der Waals surface area (Å²) in [6, 6.07) is 6.35. The Balaban J connectivity index is 3.46. The minimum Gasteiger partial charge on any atom is -0.288 e. The fourth-order valence-corrected chi connectivity index (χ4v) is 1.95. The van der Waals surface area contributed by atoms with Crippen molar-refractivity contribution in [2.45, 2.75) is 66.3 Å². The van der Waals surface area contributed by atoms with Crippen LogP contribution >= 0.6 is 0 Å². The van der Waals surface area contributed by atoms with Crippen LogP contribution in [0.25, 0.3) is 5.57 Å². The van der Waals surface area contributed by atoms with Crippen LogP contribution < -0.4 is 5.06 Å². The molecular weight excluding hydrogens is 246 g/mol. The zero-order valence-corrected chi connectivity index (χ0v) is 14.2. The van der Waals surface area contributed by atoms with E-state index in [0.29, 0.717) is 0 Å². The molecule has 0 radical (unpaired) electrons. The lowest BCUT2D eigenvalue weighted by Gasteiger charge is -2.33. The molecular formula is C18H29NO. The summed E-state index contributed by atoms with van der Waals surface area (Å²) < 4.78 is 0. The second-order valence-corrected chi connectivity index (χ2v) is 7.47. The maximum atomic E-state index is 10.4. The van der Waals surface area contributed by atoms with Crippen LogP contribution in [0.2, 0.25) is 0 Å². The van der Waals surface area contributed by atoms with Gasteiger partial charge in [0.25, 0.3) is 0 Å². The maximum absolute atomic E-state index is 10.4. The minimum absolute atomic E-state index is 0.0531. The summed E-state index contributed by atoms with van der Waals surface area (Å²) in [6.45, 7) is 16.7. The Morgan fingerprint density at radius 2 is 1.60 bits per heavy atom. The van der Waals surface area contributed by atoms with Crippen molar-refractivity contribution in [3.63, 3.8) is 0 Å². The van der Waals surface area contributed by atoms with E-state index in [0.717, 1.165) is 5.69 Å². The van der Waals surface area contributed by atoms with Gasteiger partial charge in [-0.25, -0.2) is 0 Å². The zero-order valence-electron chi connectivity index (χ0n) is 14.2. The van der Waals surface area contributed by atoms with Crippen molar-refractivity contribution in [3.8, 4) is 0 Å². The summed E-state index contributed by atoms with van der Waals surface area (Å²) in [5, 5.41) is 11.8. The van der Waals surface area contributed by atoms with E-state index in [9.17, 15) is 5.21 Å². The van der Waals surface area contributed by atoms with E-state index >= 15 is 0 Å². The fourth-order valence-electron chi connectivity index (χ4n) is 1.95. The van der Waals surface area contributed by atoms with Gasteiger partial charge in [0.15, 0.2) is 0 Å². The number of hydrogen-bond acceptors (Lipinski definition) is 2. The lowest BCUT2D eigenvalue weighted by Crippen LogP contribution is -2.38. The molecule has 0 atom stereocenters. The van der Waals surface area contributed by atoms with Crippen molar-refractivity contribution in [3.05, 3.63) is 35.4 Å². The molecule has 1 aromatic carbocycles. The predicted octanol–water partition coefficient (Wildman–Crippen LogP) is 5.40. The molecule has 0 unspecified atom stereocenters. The Labute approximate surface area is 124 Å². The molecule has 1 aromatic rings. The largest absolute Gasteiger partial charge is 0.288 e. The highest BCUT2D eigenvalue weighted by Crippen LogP contribution is 2.32. The predicted molar refractivity (Wildman–Crippen MR) is 88.5 cm³/mol. The van der Waals surface area contributed by atoms with Gasteiger partial charge in [-0.3, -0.25) is 10.3 Å². The van der Waals surface area contributed by atoms with E-state index in [2.05, 4.69) is 52.0 Å². The molecule has 0 aromatic heterocycles. The van der Waals surface area contributed by atoms with E-state index in [1.54, 1.807) is 0 Å². The number of rotatable bonds is 2.